The van der Waals surface area contributed by atoms with Gasteiger partial charge in [-0.15, -0.1) is 6.58 Å². The molecule has 1 saturated carbocycles. The third-order valence-electron chi connectivity index (χ3n) is 6.35. The normalized spacial score (nSPS) is 30.5. The zero-order chi connectivity index (χ0) is 18.4. The van der Waals surface area contributed by atoms with Crippen molar-refractivity contribution in [2.75, 3.05) is 13.1 Å². The maximum atomic E-state index is 12.5. The van der Waals surface area contributed by atoms with Gasteiger partial charge in [0.15, 0.2) is 0 Å². The molecule has 1 aliphatic carbocycles. The largest absolute Gasteiger partial charge is 0.462 e. The van der Waals surface area contributed by atoms with Crippen LogP contribution in [-0.2, 0) is 14.3 Å². The average molecular weight is 350 g/mol. The van der Waals surface area contributed by atoms with Gasteiger partial charge in [0.2, 0.25) is 0 Å². The number of cyclic esters (lactones) is 1. The Labute approximate surface area is 153 Å². The highest BCUT2D eigenvalue weighted by atomic mass is 16.6. The summed E-state index contributed by atoms with van der Waals surface area (Å²) in [4.78, 5) is 26.1. The third kappa shape index (κ3) is 5.16. The van der Waals surface area contributed by atoms with Crippen LogP contribution in [0.15, 0.2) is 12.7 Å². The van der Waals surface area contributed by atoms with Gasteiger partial charge in [-0.05, 0) is 64.8 Å². The molecule has 1 spiro atoms. The molecule has 142 valence electrons. The standard InChI is InChI=1S/C21H35NO3/c1-5-16(3)22(6-2)14-11-19-15-21(20(24)25-19)12-9-18(10-13-21)8-7-17(4)23/h5,16,18-19H,1,6-15H2,2-4H3/t16-,18?,19-,21?/m0/s1. The molecular formula is C21H35NO3. The highest BCUT2D eigenvalue weighted by Gasteiger charge is 2.50. The van der Waals surface area contributed by atoms with Gasteiger partial charge in [0.05, 0.1) is 5.41 Å². The lowest BCUT2D eigenvalue weighted by molar-refractivity contribution is -0.150. The van der Waals surface area contributed by atoms with Crippen molar-refractivity contribution in [1.82, 2.24) is 4.90 Å². The van der Waals surface area contributed by atoms with E-state index in [1.165, 1.54) is 0 Å². The van der Waals surface area contributed by atoms with E-state index in [1.54, 1.807) is 6.92 Å². The molecule has 2 atom stereocenters. The zero-order valence-electron chi connectivity index (χ0n) is 16.3. The molecule has 1 saturated heterocycles. The van der Waals surface area contributed by atoms with Crippen molar-refractivity contribution in [2.45, 2.75) is 84.3 Å². The van der Waals surface area contributed by atoms with Crippen LogP contribution < -0.4 is 0 Å². The van der Waals surface area contributed by atoms with Gasteiger partial charge in [0.1, 0.15) is 11.9 Å². The molecule has 2 rings (SSSR count). The van der Waals surface area contributed by atoms with E-state index < -0.39 is 0 Å². The van der Waals surface area contributed by atoms with E-state index in [-0.39, 0.29) is 23.3 Å². The first-order chi connectivity index (χ1) is 11.9. The second-order valence-corrected chi connectivity index (χ2v) is 8.09. The summed E-state index contributed by atoms with van der Waals surface area (Å²) in [5.74, 6) is 0.905. The number of ketones is 1. The molecule has 2 aliphatic rings. The molecule has 0 bridgehead atoms. The highest BCUT2D eigenvalue weighted by molar-refractivity contribution is 5.79. The molecule has 0 aromatic rings. The Morgan fingerprint density at radius 3 is 2.64 bits per heavy atom. The molecule has 0 aromatic carbocycles. The van der Waals surface area contributed by atoms with Crippen LogP contribution in [0.5, 0.6) is 0 Å². The summed E-state index contributed by atoms with van der Waals surface area (Å²) < 4.78 is 5.75. The lowest BCUT2D eigenvalue weighted by Gasteiger charge is -2.34. The summed E-state index contributed by atoms with van der Waals surface area (Å²) in [5.41, 5.74) is -0.238. The minimum atomic E-state index is -0.238. The predicted octanol–water partition coefficient (Wildman–Crippen LogP) is 4.13. The van der Waals surface area contributed by atoms with Gasteiger partial charge in [0.25, 0.3) is 0 Å². The smallest absolute Gasteiger partial charge is 0.312 e. The highest BCUT2D eigenvalue weighted by Crippen LogP contribution is 2.48. The lowest BCUT2D eigenvalue weighted by atomic mass is 9.68. The van der Waals surface area contributed by atoms with Gasteiger partial charge in [-0.1, -0.05) is 13.0 Å². The van der Waals surface area contributed by atoms with Crippen LogP contribution in [0.3, 0.4) is 0 Å². The Kier molecular flexibility index (Phi) is 7.24. The summed E-state index contributed by atoms with van der Waals surface area (Å²) in [6.07, 6.45) is 9.47. The number of hydrogen-bond acceptors (Lipinski definition) is 4. The first kappa shape index (κ1) is 20.2. The quantitative estimate of drug-likeness (QED) is 0.464. The fourth-order valence-electron chi connectivity index (χ4n) is 4.44. The number of esters is 1. The van der Waals surface area contributed by atoms with E-state index in [4.69, 9.17) is 4.74 Å². The van der Waals surface area contributed by atoms with Gasteiger partial charge >= 0.3 is 5.97 Å². The Hall–Kier alpha value is -1.16. The molecule has 0 unspecified atom stereocenters. The van der Waals surface area contributed by atoms with Gasteiger partial charge in [0, 0.05) is 25.4 Å². The Bertz CT molecular complexity index is 480. The fourth-order valence-corrected chi connectivity index (χ4v) is 4.44. The molecule has 0 N–H and O–H groups in total. The van der Waals surface area contributed by atoms with Gasteiger partial charge in [-0.3, -0.25) is 9.69 Å². The Balaban J connectivity index is 1.82. The minimum Gasteiger partial charge on any atom is -0.462 e. The van der Waals surface area contributed by atoms with Crippen LogP contribution in [0.1, 0.15) is 72.1 Å². The zero-order valence-corrected chi connectivity index (χ0v) is 16.3. The molecule has 25 heavy (non-hydrogen) atoms. The summed E-state index contributed by atoms with van der Waals surface area (Å²) in [5, 5.41) is 0. The van der Waals surface area contributed by atoms with Crippen LogP contribution in [-0.4, -0.2) is 41.9 Å². The second-order valence-electron chi connectivity index (χ2n) is 8.09. The first-order valence-electron chi connectivity index (χ1n) is 9.97. The number of carbonyl (C=O) groups is 2. The van der Waals surface area contributed by atoms with Crippen LogP contribution in [0.25, 0.3) is 0 Å². The van der Waals surface area contributed by atoms with Crippen molar-refractivity contribution in [2.24, 2.45) is 11.3 Å². The van der Waals surface area contributed by atoms with Crippen LogP contribution in [0.2, 0.25) is 0 Å². The topological polar surface area (TPSA) is 46.6 Å². The molecule has 4 heteroatoms. The molecular weight excluding hydrogens is 314 g/mol. The Morgan fingerprint density at radius 1 is 1.40 bits per heavy atom. The summed E-state index contributed by atoms with van der Waals surface area (Å²) in [6.45, 7) is 11.8. The van der Waals surface area contributed by atoms with Crippen LogP contribution in [0.4, 0.5) is 0 Å². The molecule has 1 heterocycles. The molecule has 0 amide bonds. The van der Waals surface area contributed by atoms with Gasteiger partial charge < -0.3 is 9.53 Å². The van der Waals surface area contributed by atoms with E-state index >= 15 is 0 Å². The first-order valence-corrected chi connectivity index (χ1v) is 9.97. The number of nitrogens with zero attached hydrogens (tertiary/aromatic N) is 1. The molecule has 4 nitrogen and oxygen atoms in total. The maximum Gasteiger partial charge on any atom is 0.312 e. The number of carbonyl (C=O) groups excluding carboxylic acids is 2. The number of hydrogen-bond donors (Lipinski definition) is 0. The maximum absolute atomic E-state index is 12.5. The molecule has 0 radical (unpaired) electrons. The average Bonchev–Trinajstić information content (AvgIpc) is 2.90. The second kappa shape index (κ2) is 8.98. The van der Waals surface area contributed by atoms with Crippen molar-refractivity contribution < 1.29 is 14.3 Å². The lowest BCUT2D eigenvalue weighted by Crippen LogP contribution is -2.34. The third-order valence-corrected chi connectivity index (χ3v) is 6.35. The van der Waals surface area contributed by atoms with Crippen molar-refractivity contribution in [1.29, 1.82) is 0 Å². The predicted molar refractivity (Wildman–Crippen MR) is 100 cm³/mol. The summed E-state index contributed by atoms with van der Waals surface area (Å²) in [7, 11) is 0. The Morgan fingerprint density at radius 2 is 2.08 bits per heavy atom. The minimum absolute atomic E-state index is 0.0299. The van der Waals surface area contributed by atoms with Gasteiger partial charge in [-0.2, -0.15) is 0 Å². The van der Waals surface area contributed by atoms with Crippen molar-refractivity contribution in [3.8, 4) is 0 Å². The van der Waals surface area contributed by atoms with E-state index in [2.05, 4.69) is 25.3 Å². The van der Waals surface area contributed by atoms with E-state index in [0.717, 1.165) is 58.0 Å². The number of Topliss-reactive ketones (excluding diaryl/α,β-unsaturated/α-hetero) is 1. The van der Waals surface area contributed by atoms with Crippen molar-refractivity contribution >= 4 is 11.8 Å². The summed E-state index contributed by atoms with van der Waals surface area (Å²) >= 11 is 0. The molecule has 1 aliphatic heterocycles. The SMILES string of the molecule is C=C[C@H](C)N(CC)CC[C@H]1CC2(CCC(CCC(C)=O)CC2)C(=O)O1. The summed E-state index contributed by atoms with van der Waals surface area (Å²) in [6, 6.07) is 0.354. The molecule has 0 aromatic heterocycles. The monoisotopic (exact) mass is 349 g/mol. The van der Waals surface area contributed by atoms with Crippen LogP contribution in [0, 0.1) is 11.3 Å². The number of likely N-dealkylation sites (N-methyl/N-ethyl adjacent to an activating group) is 1. The van der Waals surface area contributed by atoms with E-state index in [1.807, 2.05) is 6.08 Å². The molecule has 2 fully saturated rings. The van der Waals surface area contributed by atoms with E-state index in [9.17, 15) is 9.59 Å². The van der Waals surface area contributed by atoms with Crippen LogP contribution >= 0.6 is 0 Å². The van der Waals surface area contributed by atoms with Gasteiger partial charge in [-0.25, -0.2) is 0 Å². The van der Waals surface area contributed by atoms with E-state index in [0.29, 0.717) is 18.4 Å². The number of rotatable bonds is 9. The van der Waals surface area contributed by atoms with Crippen molar-refractivity contribution in [3.63, 3.8) is 0 Å². The van der Waals surface area contributed by atoms with Crippen molar-refractivity contribution in [3.05, 3.63) is 12.7 Å². The fraction of sp³-hybridized carbons (Fsp3) is 0.810. The number of ether oxygens (including phenoxy) is 1.